The van der Waals surface area contributed by atoms with Crippen LogP contribution in [-0.4, -0.2) is 27.4 Å². The molecule has 1 aromatic rings. The quantitative estimate of drug-likeness (QED) is 0.618. The van der Waals surface area contributed by atoms with E-state index < -0.39 is 27.3 Å². The maximum absolute atomic E-state index is 12.5. The van der Waals surface area contributed by atoms with Crippen LogP contribution in [0.4, 0.5) is 18.9 Å². The summed E-state index contributed by atoms with van der Waals surface area (Å²) < 4.78 is 66.6. The molecule has 0 aliphatic heterocycles. The Balaban J connectivity index is 2.80. The van der Waals surface area contributed by atoms with E-state index in [1.807, 2.05) is 6.92 Å². The summed E-state index contributed by atoms with van der Waals surface area (Å²) in [6, 6.07) is 2.23. The third kappa shape index (κ3) is 5.20. The summed E-state index contributed by atoms with van der Waals surface area (Å²) in [5.74, 6) is -0.313. The standard InChI is InChI=1S/C13H18F3NO3S/c1-2-3-6-20-7-8-21(18,19)12-5-4-10(9-11(12)17)13(14,15)16/h4-5,9H,2-3,6-8,17H2,1H3. The molecule has 0 saturated heterocycles. The summed E-state index contributed by atoms with van der Waals surface area (Å²) in [4.78, 5) is -0.297. The maximum Gasteiger partial charge on any atom is 0.416 e. The van der Waals surface area contributed by atoms with Crippen LogP contribution in [0.5, 0.6) is 0 Å². The number of sulfone groups is 1. The number of nitrogens with two attached hydrogens (primary N) is 1. The maximum atomic E-state index is 12.5. The second-order valence-electron chi connectivity index (χ2n) is 4.54. The van der Waals surface area contributed by atoms with Crippen molar-refractivity contribution in [2.45, 2.75) is 30.8 Å². The number of nitrogen functional groups attached to an aromatic ring is 1. The summed E-state index contributed by atoms with van der Waals surface area (Å²) in [7, 11) is -3.76. The van der Waals surface area contributed by atoms with E-state index in [9.17, 15) is 21.6 Å². The zero-order valence-electron chi connectivity index (χ0n) is 11.6. The summed E-state index contributed by atoms with van der Waals surface area (Å²) >= 11 is 0. The number of halogens is 3. The summed E-state index contributed by atoms with van der Waals surface area (Å²) in [5.41, 5.74) is 4.06. The number of anilines is 1. The normalized spacial score (nSPS) is 12.6. The van der Waals surface area contributed by atoms with Crippen molar-refractivity contribution in [1.29, 1.82) is 0 Å². The van der Waals surface area contributed by atoms with Crippen molar-refractivity contribution in [1.82, 2.24) is 0 Å². The van der Waals surface area contributed by atoms with E-state index in [0.717, 1.165) is 18.9 Å². The minimum Gasteiger partial charge on any atom is -0.398 e. The van der Waals surface area contributed by atoms with Gasteiger partial charge >= 0.3 is 6.18 Å². The molecule has 8 heteroatoms. The second kappa shape index (κ2) is 7.13. The molecule has 0 bridgehead atoms. The number of ether oxygens (including phenoxy) is 1. The van der Waals surface area contributed by atoms with Gasteiger partial charge in [-0.15, -0.1) is 0 Å². The van der Waals surface area contributed by atoms with Gasteiger partial charge in [0.15, 0.2) is 9.84 Å². The Morgan fingerprint density at radius 2 is 1.90 bits per heavy atom. The number of hydrogen-bond acceptors (Lipinski definition) is 4. The zero-order chi connectivity index (χ0) is 16.1. The lowest BCUT2D eigenvalue weighted by atomic mass is 10.2. The molecule has 2 N–H and O–H groups in total. The lowest BCUT2D eigenvalue weighted by molar-refractivity contribution is -0.137. The van der Waals surface area contributed by atoms with Gasteiger partial charge in [0.1, 0.15) is 0 Å². The molecule has 0 aliphatic carbocycles. The second-order valence-corrected chi connectivity index (χ2v) is 6.61. The third-order valence-electron chi connectivity index (χ3n) is 2.81. The molecule has 0 amide bonds. The van der Waals surface area contributed by atoms with E-state index in [0.29, 0.717) is 18.7 Å². The van der Waals surface area contributed by atoms with Gasteiger partial charge in [0, 0.05) is 6.61 Å². The van der Waals surface area contributed by atoms with Crippen molar-refractivity contribution in [3.05, 3.63) is 23.8 Å². The Labute approximate surface area is 122 Å². The number of rotatable bonds is 7. The van der Waals surface area contributed by atoms with Gasteiger partial charge in [-0.25, -0.2) is 8.42 Å². The van der Waals surface area contributed by atoms with E-state index in [1.54, 1.807) is 0 Å². The number of alkyl halides is 3. The molecule has 0 atom stereocenters. The first-order chi connectivity index (χ1) is 9.68. The van der Waals surface area contributed by atoms with Gasteiger partial charge in [-0.3, -0.25) is 0 Å². The van der Waals surface area contributed by atoms with Crippen molar-refractivity contribution < 1.29 is 26.3 Å². The summed E-state index contributed by atoms with van der Waals surface area (Å²) in [5, 5.41) is 0. The minimum absolute atomic E-state index is 0.0111. The molecule has 1 aromatic carbocycles. The van der Waals surface area contributed by atoms with E-state index in [1.165, 1.54) is 0 Å². The van der Waals surface area contributed by atoms with Crippen LogP contribution in [0.1, 0.15) is 25.3 Å². The first-order valence-corrected chi connectivity index (χ1v) is 8.11. The molecule has 0 unspecified atom stereocenters. The van der Waals surface area contributed by atoms with Gasteiger partial charge in [0.2, 0.25) is 0 Å². The SMILES string of the molecule is CCCCOCCS(=O)(=O)c1ccc(C(F)(F)F)cc1N. The Morgan fingerprint density at radius 3 is 2.43 bits per heavy atom. The van der Waals surface area contributed by atoms with Crippen molar-refractivity contribution >= 4 is 15.5 Å². The molecule has 0 aromatic heterocycles. The average Bonchev–Trinajstić information content (AvgIpc) is 2.37. The molecule has 0 saturated carbocycles. The van der Waals surface area contributed by atoms with E-state index >= 15 is 0 Å². The Morgan fingerprint density at radius 1 is 1.24 bits per heavy atom. The van der Waals surface area contributed by atoms with Gasteiger partial charge in [-0.05, 0) is 24.6 Å². The largest absolute Gasteiger partial charge is 0.416 e. The average molecular weight is 325 g/mol. The summed E-state index contributed by atoms with van der Waals surface area (Å²) in [6.45, 7) is 2.42. The molecule has 0 spiro atoms. The third-order valence-corrected chi connectivity index (χ3v) is 4.56. The topological polar surface area (TPSA) is 69.4 Å². The van der Waals surface area contributed by atoms with Gasteiger partial charge < -0.3 is 10.5 Å². The van der Waals surface area contributed by atoms with Gasteiger partial charge in [-0.2, -0.15) is 13.2 Å². The molecular weight excluding hydrogens is 307 g/mol. The van der Waals surface area contributed by atoms with Gasteiger partial charge in [0.25, 0.3) is 0 Å². The first kappa shape index (κ1) is 17.8. The van der Waals surface area contributed by atoms with Crippen LogP contribution in [0, 0.1) is 0 Å². The Kier molecular flexibility index (Phi) is 6.03. The fourth-order valence-corrected chi connectivity index (χ4v) is 2.89. The van der Waals surface area contributed by atoms with Crippen molar-refractivity contribution in [3.8, 4) is 0 Å². The predicted molar refractivity (Wildman–Crippen MR) is 73.6 cm³/mol. The molecule has 0 fully saturated rings. The minimum atomic E-state index is -4.56. The molecule has 120 valence electrons. The molecular formula is C13H18F3NO3S. The smallest absolute Gasteiger partial charge is 0.398 e. The lowest BCUT2D eigenvalue weighted by Gasteiger charge is -2.11. The van der Waals surface area contributed by atoms with Crippen molar-refractivity contribution in [2.75, 3.05) is 24.7 Å². The predicted octanol–water partition coefficient (Wildman–Crippen LogP) is 2.88. The Bertz CT molecular complexity index is 571. The van der Waals surface area contributed by atoms with E-state index in [-0.39, 0.29) is 17.3 Å². The lowest BCUT2D eigenvalue weighted by Crippen LogP contribution is -2.15. The highest BCUT2D eigenvalue weighted by molar-refractivity contribution is 7.91. The van der Waals surface area contributed by atoms with Crippen LogP contribution in [0.2, 0.25) is 0 Å². The molecule has 0 radical (unpaired) electrons. The molecule has 4 nitrogen and oxygen atoms in total. The van der Waals surface area contributed by atoms with Gasteiger partial charge in [0.05, 0.1) is 28.5 Å². The van der Waals surface area contributed by atoms with Crippen LogP contribution in [0.3, 0.4) is 0 Å². The molecule has 1 rings (SSSR count). The van der Waals surface area contributed by atoms with Crippen LogP contribution in [0.15, 0.2) is 23.1 Å². The fourth-order valence-electron chi connectivity index (χ4n) is 1.64. The summed E-state index contributed by atoms with van der Waals surface area (Å²) in [6.07, 6.45) is -2.80. The van der Waals surface area contributed by atoms with Crippen LogP contribution in [0.25, 0.3) is 0 Å². The number of benzene rings is 1. The van der Waals surface area contributed by atoms with Crippen molar-refractivity contribution in [2.24, 2.45) is 0 Å². The monoisotopic (exact) mass is 325 g/mol. The van der Waals surface area contributed by atoms with Crippen LogP contribution < -0.4 is 5.73 Å². The van der Waals surface area contributed by atoms with E-state index in [4.69, 9.17) is 10.5 Å². The zero-order valence-corrected chi connectivity index (χ0v) is 12.4. The fraction of sp³-hybridized carbons (Fsp3) is 0.538. The molecule has 0 heterocycles. The highest BCUT2D eigenvalue weighted by Crippen LogP contribution is 2.32. The first-order valence-electron chi connectivity index (χ1n) is 6.45. The Hall–Kier alpha value is -1.28. The molecule has 21 heavy (non-hydrogen) atoms. The highest BCUT2D eigenvalue weighted by Gasteiger charge is 2.31. The number of hydrogen-bond donors (Lipinski definition) is 1. The van der Waals surface area contributed by atoms with Crippen molar-refractivity contribution in [3.63, 3.8) is 0 Å². The van der Waals surface area contributed by atoms with Crippen LogP contribution >= 0.6 is 0 Å². The van der Waals surface area contributed by atoms with Gasteiger partial charge in [-0.1, -0.05) is 13.3 Å². The van der Waals surface area contributed by atoms with E-state index in [2.05, 4.69) is 0 Å². The van der Waals surface area contributed by atoms with Crippen LogP contribution in [-0.2, 0) is 20.8 Å². The highest BCUT2D eigenvalue weighted by atomic mass is 32.2. The number of unbranched alkanes of at least 4 members (excludes halogenated alkanes) is 1. The molecule has 0 aliphatic rings.